The summed E-state index contributed by atoms with van der Waals surface area (Å²) in [5, 5.41) is 0.816. The fraction of sp³-hybridized carbons (Fsp3) is 0.538. The van der Waals surface area contributed by atoms with Crippen LogP contribution in [0.25, 0.3) is 0 Å². The van der Waals surface area contributed by atoms with Crippen LogP contribution < -0.4 is 0 Å². The first-order valence-corrected chi connectivity index (χ1v) is 6.84. The van der Waals surface area contributed by atoms with Crippen LogP contribution >= 0.6 is 27.5 Å². The Bertz CT molecular complexity index is 348. The third-order valence-electron chi connectivity index (χ3n) is 3.21. The second-order valence-electron chi connectivity index (χ2n) is 4.41. The van der Waals surface area contributed by atoms with Crippen molar-refractivity contribution < 1.29 is 0 Å². The molecule has 1 aliphatic rings. The Balaban J connectivity index is 2.00. The molecule has 0 aromatic heterocycles. The van der Waals surface area contributed by atoms with Crippen molar-refractivity contribution in [1.29, 1.82) is 0 Å². The highest BCUT2D eigenvalue weighted by Gasteiger charge is 2.38. The van der Waals surface area contributed by atoms with Crippen LogP contribution in [0.15, 0.2) is 22.7 Å². The van der Waals surface area contributed by atoms with Crippen LogP contribution in [0.1, 0.15) is 44.1 Å². The normalized spacial score (nSPS) is 24.2. The summed E-state index contributed by atoms with van der Waals surface area (Å²) in [6.45, 7) is 2.26. The highest BCUT2D eigenvalue weighted by atomic mass is 79.9. The molecule has 1 saturated carbocycles. The third-order valence-corrected chi connectivity index (χ3v) is 4.13. The number of unbranched alkanes of at least 4 members (excludes halogenated alkanes) is 1. The van der Waals surface area contributed by atoms with Crippen LogP contribution in [0.2, 0.25) is 5.02 Å². The molecule has 2 unspecified atom stereocenters. The van der Waals surface area contributed by atoms with Gasteiger partial charge in [0.1, 0.15) is 0 Å². The number of hydrogen-bond acceptors (Lipinski definition) is 0. The Morgan fingerprint density at radius 2 is 2.27 bits per heavy atom. The van der Waals surface area contributed by atoms with Gasteiger partial charge in [0.05, 0.1) is 0 Å². The minimum absolute atomic E-state index is 0.781. The topological polar surface area (TPSA) is 0 Å². The van der Waals surface area contributed by atoms with Crippen LogP contribution in [0.4, 0.5) is 0 Å². The predicted molar refractivity (Wildman–Crippen MR) is 69.5 cm³/mol. The van der Waals surface area contributed by atoms with Gasteiger partial charge in [0.15, 0.2) is 0 Å². The van der Waals surface area contributed by atoms with Gasteiger partial charge >= 0.3 is 0 Å². The van der Waals surface area contributed by atoms with Gasteiger partial charge in [-0.1, -0.05) is 53.4 Å². The van der Waals surface area contributed by atoms with E-state index in [0.29, 0.717) is 0 Å². The Hall–Kier alpha value is -0.0100. The second kappa shape index (κ2) is 4.88. The number of halogens is 2. The quantitative estimate of drug-likeness (QED) is 0.696. The van der Waals surface area contributed by atoms with Gasteiger partial charge < -0.3 is 0 Å². The molecule has 0 radical (unpaired) electrons. The Kier molecular flexibility index (Phi) is 3.73. The lowest BCUT2D eigenvalue weighted by Crippen LogP contribution is -1.86. The van der Waals surface area contributed by atoms with E-state index in [4.69, 9.17) is 11.6 Å². The van der Waals surface area contributed by atoms with Crippen molar-refractivity contribution in [3.05, 3.63) is 33.3 Å². The predicted octanol–water partition coefficient (Wildman–Crippen LogP) is 5.40. The van der Waals surface area contributed by atoms with Gasteiger partial charge in [0.25, 0.3) is 0 Å². The molecule has 0 N–H and O–H groups in total. The zero-order valence-electron chi connectivity index (χ0n) is 8.97. The van der Waals surface area contributed by atoms with Gasteiger partial charge in [-0.3, -0.25) is 0 Å². The second-order valence-corrected chi connectivity index (χ2v) is 5.70. The Morgan fingerprint density at radius 1 is 1.47 bits per heavy atom. The molecule has 2 atom stereocenters. The van der Waals surface area contributed by atoms with E-state index in [9.17, 15) is 0 Å². The number of hydrogen-bond donors (Lipinski definition) is 0. The average molecular weight is 288 g/mol. The van der Waals surface area contributed by atoms with Crippen molar-refractivity contribution in [1.82, 2.24) is 0 Å². The molecule has 2 heteroatoms. The molecule has 0 amide bonds. The van der Waals surface area contributed by atoms with E-state index in [1.807, 2.05) is 12.1 Å². The third kappa shape index (κ3) is 2.76. The van der Waals surface area contributed by atoms with Crippen molar-refractivity contribution >= 4 is 27.5 Å². The van der Waals surface area contributed by atoms with Gasteiger partial charge in [-0.2, -0.15) is 0 Å². The van der Waals surface area contributed by atoms with E-state index in [-0.39, 0.29) is 0 Å². The van der Waals surface area contributed by atoms with Crippen LogP contribution in [0.3, 0.4) is 0 Å². The van der Waals surface area contributed by atoms with E-state index in [1.54, 1.807) is 0 Å². The summed E-state index contributed by atoms with van der Waals surface area (Å²) in [5.74, 6) is 1.70. The van der Waals surface area contributed by atoms with Crippen LogP contribution in [0.5, 0.6) is 0 Å². The van der Waals surface area contributed by atoms with E-state index in [0.717, 1.165) is 16.9 Å². The molecule has 1 aliphatic carbocycles. The smallest absolute Gasteiger partial charge is 0.0417 e. The summed E-state index contributed by atoms with van der Waals surface area (Å²) >= 11 is 9.53. The molecule has 1 aromatic rings. The van der Waals surface area contributed by atoms with Crippen molar-refractivity contribution in [3.63, 3.8) is 0 Å². The van der Waals surface area contributed by atoms with Gasteiger partial charge in [0, 0.05) is 9.50 Å². The van der Waals surface area contributed by atoms with Crippen molar-refractivity contribution in [2.75, 3.05) is 0 Å². The molecular weight excluding hydrogens is 272 g/mol. The zero-order chi connectivity index (χ0) is 10.8. The molecule has 0 aliphatic heterocycles. The molecule has 15 heavy (non-hydrogen) atoms. The van der Waals surface area contributed by atoms with Crippen molar-refractivity contribution in [2.24, 2.45) is 5.92 Å². The van der Waals surface area contributed by atoms with E-state index in [1.165, 1.54) is 35.7 Å². The number of benzene rings is 1. The maximum absolute atomic E-state index is 5.93. The lowest BCUT2D eigenvalue weighted by molar-refractivity contribution is 0.639. The van der Waals surface area contributed by atoms with E-state index < -0.39 is 0 Å². The van der Waals surface area contributed by atoms with Gasteiger partial charge in [-0.05, 0) is 42.4 Å². The van der Waals surface area contributed by atoms with Crippen LogP contribution in [-0.4, -0.2) is 0 Å². The summed E-state index contributed by atoms with van der Waals surface area (Å²) in [5.41, 5.74) is 1.44. The summed E-state index contributed by atoms with van der Waals surface area (Å²) < 4.78 is 1.18. The minimum atomic E-state index is 0.781. The fourth-order valence-electron chi connectivity index (χ4n) is 2.22. The lowest BCUT2D eigenvalue weighted by atomic mass is 10.1. The van der Waals surface area contributed by atoms with Crippen molar-refractivity contribution in [2.45, 2.75) is 38.5 Å². The molecule has 0 heterocycles. The summed E-state index contributed by atoms with van der Waals surface area (Å²) in [6.07, 6.45) is 5.42. The zero-order valence-corrected chi connectivity index (χ0v) is 11.3. The molecule has 0 spiro atoms. The van der Waals surface area contributed by atoms with E-state index in [2.05, 4.69) is 28.9 Å². The highest BCUT2D eigenvalue weighted by molar-refractivity contribution is 9.10. The molecule has 82 valence electrons. The van der Waals surface area contributed by atoms with Crippen LogP contribution in [-0.2, 0) is 0 Å². The first kappa shape index (κ1) is 11.5. The summed E-state index contributed by atoms with van der Waals surface area (Å²) in [4.78, 5) is 0. The molecule has 0 bridgehead atoms. The standard InChI is InChI=1S/C13H16BrCl/c1-2-3-4-9-7-12(9)11-6-5-10(15)8-13(11)14/h5-6,8-9,12H,2-4,7H2,1H3. The average Bonchev–Trinajstić information content (AvgIpc) is 2.94. The highest BCUT2D eigenvalue weighted by Crippen LogP contribution is 2.52. The molecule has 0 saturated heterocycles. The summed E-state index contributed by atoms with van der Waals surface area (Å²) in [7, 11) is 0. The number of rotatable bonds is 4. The van der Waals surface area contributed by atoms with Gasteiger partial charge in [0.2, 0.25) is 0 Å². The first-order valence-electron chi connectivity index (χ1n) is 5.67. The lowest BCUT2D eigenvalue weighted by Gasteiger charge is -2.04. The molecular formula is C13H16BrCl. The fourth-order valence-corrected chi connectivity index (χ4v) is 3.19. The maximum atomic E-state index is 5.93. The Labute approximate surface area is 105 Å². The SMILES string of the molecule is CCCCC1CC1c1ccc(Cl)cc1Br. The van der Waals surface area contributed by atoms with Crippen LogP contribution in [0, 0.1) is 5.92 Å². The summed E-state index contributed by atoms with van der Waals surface area (Å²) in [6, 6.07) is 6.17. The van der Waals surface area contributed by atoms with Gasteiger partial charge in [-0.15, -0.1) is 0 Å². The van der Waals surface area contributed by atoms with E-state index >= 15 is 0 Å². The Morgan fingerprint density at radius 3 is 2.93 bits per heavy atom. The molecule has 1 aromatic carbocycles. The molecule has 0 nitrogen and oxygen atoms in total. The van der Waals surface area contributed by atoms with Gasteiger partial charge in [-0.25, -0.2) is 0 Å². The molecule has 1 fully saturated rings. The largest absolute Gasteiger partial charge is 0.0843 e. The maximum Gasteiger partial charge on any atom is 0.0417 e. The first-order chi connectivity index (χ1) is 7.22. The molecule has 2 rings (SSSR count). The monoisotopic (exact) mass is 286 g/mol. The van der Waals surface area contributed by atoms with Crippen molar-refractivity contribution in [3.8, 4) is 0 Å². The minimum Gasteiger partial charge on any atom is -0.0843 e.